The third kappa shape index (κ3) is 5.08. The molecule has 1 aromatic heterocycles. The van der Waals surface area contributed by atoms with Crippen molar-refractivity contribution in [3.63, 3.8) is 0 Å². The summed E-state index contributed by atoms with van der Waals surface area (Å²) in [5, 5.41) is 8.17. The van der Waals surface area contributed by atoms with Crippen LogP contribution in [0.15, 0.2) is 33.9 Å². The SMILES string of the molecule is Cc1nnc(SCC(=O)N2CCC[C@H](N3CCN(c4ccc(F)cc4)CC3)C2)o1. The van der Waals surface area contributed by atoms with E-state index in [9.17, 15) is 9.18 Å². The van der Waals surface area contributed by atoms with Crippen molar-refractivity contribution in [2.24, 2.45) is 0 Å². The predicted molar refractivity (Wildman–Crippen MR) is 110 cm³/mol. The van der Waals surface area contributed by atoms with Gasteiger partial charge in [0, 0.05) is 57.9 Å². The molecule has 156 valence electrons. The second kappa shape index (κ2) is 9.13. The highest BCUT2D eigenvalue weighted by Gasteiger charge is 2.30. The predicted octanol–water partition coefficient (Wildman–Crippen LogP) is 2.42. The van der Waals surface area contributed by atoms with E-state index in [0.717, 1.165) is 57.8 Å². The zero-order valence-corrected chi connectivity index (χ0v) is 17.4. The molecule has 29 heavy (non-hydrogen) atoms. The summed E-state index contributed by atoms with van der Waals surface area (Å²) in [6, 6.07) is 7.11. The van der Waals surface area contributed by atoms with Crippen molar-refractivity contribution in [1.82, 2.24) is 20.0 Å². The van der Waals surface area contributed by atoms with Crippen molar-refractivity contribution in [3.05, 3.63) is 36.0 Å². The second-order valence-electron chi connectivity index (χ2n) is 7.51. The lowest BCUT2D eigenvalue weighted by Crippen LogP contribution is -2.56. The monoisotopic (exact) mass is 419 g/mol. The molecule has 2 fully saturated rings. The molecule has 0 radical (unpaired) electrons. The van der Waals surface area contributed by atoms with Crippen molar-refractivity contribution >= 4 is 23.4 Å². The number of hydrogen-bond acceptors (Lipinski definition) is 7. The lowest BCUT2D eigenvalue weighted by molar-refractivity contribution is -0.130. The van der Waals surface area contributed by atoms with Crippen LogP contribution < -0.4 is 4.90 Å². The fourth-order valence-electron chi connectivity index (χ4n) is 4.03. The number of carbonyl (C=O) groups excluding carboxylic acids is 1. The maximum absolute atomic E-state index is 13.1. The van der Waals surface area contributed by atoms with Crippen LogP contribution in [0.2, 0.25) is 0 Å². The molecule has 2 aromatic rings. The number of halogens is 1. The van der Waals surface area contributed by atoms with Gasteiger partial charge in [-0.3, -0.25) is 9.69 Å². The molecule has 2 saturated heterocycles. The van der Waals surface area contributed by atoms with E-state index in [1.165, 1.54) is 23.9 Å². The molecular formula is C20H26FN5O2S. The average molecular weight is 420 g/mol. The topological polar surface area (TPSA) is 65.7 Å². The van der Waals surface area contributed by atoms with Crippen molar-refractivity contribution in [2.45, 2.75) is 31.0 Å². The van der Waals surface area contributed by atoms with Gasteiger partial charge < -0.3 is 14.2 Å². The number of carbonyl (C=O) groups is 1. The van der Waals surface area contributed by atoms with Crippen LogP contribution in [0.3, 0.4) is 0 Å². The molecule has 0 unspecified atom stereocenters. The van der Waals surface area contributed by atoms with Gasteiger partial charge in [-0.25, -0.2) is 4.39 Å². The van der Waals surface area contributed by atoms with Crippen molar-refractivity contribution in [2.75, 3.05) is 49.9 Å². The number of benzene rings is 1. The highest BCUT2D eigenvalue weighted by Crippen LogP contribution is 2.23. The van der Waals surface area contributed by atoms with E-state index < -0.39 is 0 Å². The highest BCUT2D eigenvalue weighted by atomic mass is 32.2. The van der Waals surface area contributed by atoms with Gasteiger partial charge in [-0.15, -0.1) is 10.2 Å². The van der Waals surface area contributed by atoms with Crippen LogP contribution in [-0.2, 0) is 4.79 Å². The quantitative estimate of drug-likeness (QED) is 0.690. The molecule has 4 rings (SSSR count). The number of aryl methyl sites for hydroxylation is 1. The Balaban J connectivity index is 1.26. The van der Waals surface area contributed by atoms with E-state index in [1.807, 2.05) is 17.0 Å². The summed E-state index contributed by atoms with van der Waals surface area (Å²) in [4.78, 5) is 19.4. The van der Waals surface area contributed by atoms with Crippen LogP contribution in [0.4, 0.5) is 10.1 Å². The van der Waals surface area contributed by atoms with Crippen LogP contribution in [-0.4, -0.2) is 77.0 Å². The Morgan fingerprint density at radius 2 is 1.93 bits per heavy atom. The van der Waals surface area contributed by atoms with Crippen LogP contribution in [0.1, 0.15) is 18.7 Å². The molecule has 0 bridgehead atoms. The zero-order chi connectivity index (χ0) is 20.2. The summed E-state index contributed by atoms with van der Waals surface area (Å²) < 4.78 is 18.5. The summed E-state index contributed by atoms with van der Waals surface area (Å²) in [7, 11) is 0. The van der Waals surface area contributed by atoms with Crippen molar-refractivity contribution < 1.29 is 13.6 Å². The number of anilines is 1. The molecule has 1 amide bonds. The minimum Gasteiger partial charge on any atom is -0.416 e. The number of likely N-dealkylation sites (tertiary alicyclic amines) is 1. The Morgan fingerprint density at radius 3 is 2.62 bits per heavy atom. The molecular weight excluding hydrogens is 393 g/mol. The third-order valence-electron chi connectivity index (χ3n) is 5.60. The minimum absolute atomic E-state index is 0.125. The summed E-state index contributed by atoms with van der Waals surface area (Å²) in [5.74, 6) is 0.761. The molecule has 1 aromatic carbocycles. The number of piperidine rings is 1. The molecule has 1 atom stereocenters. The third-order valence-corrected chi connectivity index (χ3v) is 6.40. The van der Waals surface area contributed by atoms with Crippen LogP contribution >= 0.6 is 11.8 Å². The summed E-state index contributed by atoms with van der Waals surface area (Å²) in [6.45, 7) is 7.09. The van der Waals surface area contributed by atoms with Crippen molar-refractivity contribution in [1.29, 1.82) is 0 Å². The molecule has 2 aliphatic heterocycles. The number of nitrogens with zero attached hydrogens (tertiary/aromatic N) is 5. The summed E-state index contributed by atoms with van der Waals surface area (Å²) in [6.07, 6.45) is 2.15. The molecule has 2 aliphatic rings. The Bertz CT molecular complexity index is 823. The van der Waals surface area contributed by atoms with Gasteiger partial charge in [-0.05, 0) is 37.1 Å². The average Bonchev–Trinajstić information content (AvgIpc) is 3.18. The number of rotatable bonds is 5. The van der Waals surface area contributed by atoms with Gasteiger partial charge in [-0.2, -0.15) is 0 Å². The molecule has 0 spiro atoms. The van der Waals surface area contributed by atoms with E-state index >= 15 is 0 Å². The fourth-order valence-corrected chi connectivity index (χ4v) is 4.74. The van der Waals surface area contributed by atoms with E-state index in [-0.39, 0.29) is 11.7 Å². The largest absolute Gasteiger partial charge is 0.416 e. The first kappa shape index (κ1) is 20.2. The zero-order valence-electron chi connectivity index (χ0n) is 16.6. The van der Waals surface area contributed by atoms with Crippen molar-refractivity contribution in [3.8, 4) is 0 Å². The number of thioether (sulfide) groups is 1. The Kier molecular flexibility index (Phi) is 6.34. The van der Waals surface area contributed by atoms with Gasteiger partial charge in [0.15, 0.2) is 0 Å². The fraction of sp³-hybridized carbons (Fsp3) is 0.550. The molecule has 3 heterocycles. The minimum atomic E-state index is -0.202. The van der Waals surface area contributed by atoms with Gasteiger partial charge >= 0.3 is 0 Å². The first-order chi connectivity index (χ1) is 14.1. The number of aromatic nitrogens is 2. The highest BCUT2D eigenvalue weighted by molar-refractivity contribution is 7.99. The van der Waals surface area contributed by atoms with Gasteiger partial charge in [-0.1, -0.05) is 11.8 Å². The van der Waals surface area contributed by atoms with Crippen LogP contribution in [0.25, 0.3) is 0 Å². The second-order valence-corrected chi connectivity index (χ2v) is 8.44. The van der Waals surface area contributed by atoms with E-state index in [4.69, 9.17) is 4.42 Å². The van der Waals surface area contributed by atoms with Gasteiger partial charge in [0.05, 0.1) is 5.75 Å². The summed E-state index contributed by atoms with van der Waals surface area (Å²) in [5.41, 5.74) is 1.07. The smallest absolute Gasteiger partial charge is 0.277 e. The first-order valence-electron chi connectivity index (χ1n) is 10.0. The molecule has 0 saturated carbocycles. The Labute approximate surface area is 174 Å². The van der Waals surface area contributed by atoms with Gasteiger partial charge in [0.1, 0.15) is 5.82 Å². The lowest BCUT2D eigenvalue weighted by atomic mass is 10.0. The molecule has 0 N–H and O–H groups in total. The normalized spacial score (nSPS) is 20.8. The number of piperazine rings is 1. The standard InChI is InChI=1S/C20H26FN5O2S/c1-15-22-23-20(28-15)29-14-19(27)26-8-2-3-18(13-26)25-11-9-24(10-12-25)17-6-4-16(21)5-7-17/h4-7,18H,2-3,8-14H2,1H3/t18-/m0/s1. The van der Waals surface area contributed by atoms with Crippen LogP contribution in [0, 0.1) is 12.7 Å². The first-order valence-corrected chi connectivity index (χ1v) is 11.0. The maximum atomic E-state index is 13.1. The molecule has 0 aliphatic carbocycles. The molecule has 7 nitrogen and oxygen atoms in total. The van der Waals surface area contributed by atoms with Crippen LogP contribution in [0.5, 0.6) is 0 Å². The van der Waals surface area contributed by atoms with Gasteiger partial charge in [0.25, 0.3) is 5.22 Å². The van der Waals surface area contributed by atoms with E-state index in [0.29, 0.717) is 22.9 Å². The summed E-state index contributed by atoms with van der Waals surface area (Å²) >= 11 is 1.30. The van der Waals surface area contributed by atoms with Gasteiger partial charge in [0.2, 0.25) is 11.8 Å². The molecule has 9 heteroatoms. The van der Waals surface area contributed by atoms with E-state index in [1.54, 1.807) is 6.92 Å². The number of amides is 1. The Morgan fingerprint density at radius 1 is 1.17 bits per heavy atom. The lowest BCUT2D eigenvalue weighted by Gasteiger charge is -2.44. The Hall–Kier alpha value is -2.13. The van der Waals surface area contributed by atoms with E-state index in [2.05, 4.69) is 20.0 Å². The maximum Gasteiger partial charge on any atom is 0.277 e. The number of hydrogen-bond donors (Lipinski definition) is 0.